The Kier molecular flexibility index (Phi) is 5.53. The van der Waals surface area contributed by atoms with Gasteiger partial charge in [0.1, 0.15) is 11.9 Å². The number of carbonyl (C=O) groups excluding carboxylic acids is 1. The molecule has 0 radical (unpaired) electrons. The predicted molar refractivity (Wildman–Crippen MR) is 95.8 cm³/mol. The Morgan fingerprint density at radius 2 is 1.85 bits per heavy atom. The van der Waals surface area contributed by atoms with Gasteiger partial charge in [-0.2, -0.15) is 0 Å². The highest BCUT2D eigenvalue weighted by atomic mass is 16.5. The molecule has 1 fully saturated rings. The summed E-state index contributed by atoms with van der Waals surface area (Å²) in [7, 11) is 1.64. The summed E-state index contributed by atoms with van der Waals surface area (Å²) in [6, 6.07) is 15.7. The Bertz CT molecular complexity index is 787. The second-order valence-corrected chi connectivity index (χ2v) is 6.18. The lowest BCUT2D eigenvalue weighted by Gasteiger charge is -2.12. The summed E-state index contributed by atoms with van der Waals surface area (Å²) < 4.78 is 10.5. The van der Waals surface area contributed by atoms with Gasteiger partial charge in [-0.05, 0) is 41.7 Å². The average molecular weight is 355 g/mol. The van der Waals surface area contributed by atoms with Gasteiger partial charge < -0.3 is 19.9 Å². The predicted octanol–water partition coefficient (Wildman–Crippen LogP) is 2.61. The second-order valence-electron chi connectivity index (χ2n) is 6.18. The number of carbonyl (C=O) groups is 2. The summed E-state index contributed by atoms with van der Waals surface area (Å²) in [4.78, 5) is 23.0. The number of ether oxygens (including phenoxy) is 2. The van der Waals surface area contributed by atoms with E-state index >= 15 is 0 Å². The van der Waals surface area contributed by atoms with Gasteiger partial charge in [0.2, 0.25) is 5.91 Å². The fraction of sp³-hybridized carbons (Fsp3) is 0.300. The van der Waals surface area contributed by atoms with Gasteiger partial charge in [-0.25, -0.2) is 4.79 Å². The molecule has 0 bridgehead atoms. The number of nitrogens with one attached hydrogen (secondary N) is 1. The SMILES string of the molecule is COc1cccc(-c2ccc(CNC(=O)[C@@H]3CC[C@H](C(=O)O)O3)cc2)c1. The van der Waals surface area contributed by atoms with E-state index in [1.807, 2.05) is 48.5 Å². The van der Waals surface area contributed by atoms with Crippen molar-refractivity contribution in [3.63, 3.8) is 0 Å². The van der Waals surface area contributed by atoms with Crippen molar-refractivity contribution in [1.82, 2.24) is 5.32 Å². The number of aliphatic carboxylic acids is 1. The minimum atomic E-state index is -1.02. The topological polar surface area (TPSA) is 84.9 Å². The Labute approximate surface area is 151 Å². The van der Waals surface area contributed by atoms with Crippen molar-refractivity contribution >= 4 is 11.9 Å². The lowest BCUT2D eigenvalue weighted by atomic mass is 10.0. The van der Waals surface area contributed by atoms with Crippen molar-refractivity contribution in [2.24, 2.45) is 0 Å². The Hall–Kier alpha value is -2.86. The summed E-state index contributed by atoms with van der Waals surface area (Å²) in [6.07, 6.45) is -0.777. The zero-order valence-electron chi connectivity index (χ0n) is 14.5. The molecule has 0 unspecified atom stereocenters. The number of methoxy groups -OCH3 is 1. The molecule has 2 aromatic rings. The van der Waals surface area contributed by atoms with Gasteiger partial charge in [0.05, 0.1) is 7.11 Å². The number of amides is 1. The van der Waals surface area contributed by atoms with E-state index in [1.54, 1.807) is 7.11 Å². The normalized spacial score (nSPS) is 19.1. The molecule has 2 aromatic carbocycles. The van der Waals surface area contributed by atoms with E-state index in [-0.39, 0.29) is 5.91 Å². The highest BCUT2D eigenvalue weighted by Crippen LogP contribution is 2.24. The van der Waals surface area contributed by atoms with Crippen molar-refractivity contribution in [2.45, 2.75) is 31.6 Å². The molecule has 26 heavy (non-hydrogen) atoms. The van der Waals surface area contributed by atoms with E-state index in [0.29, 0.717) is 19.4 Å². The monoisotopic (exact) mass is 355 g/mol. The van der Waals surface area contributed by atoms with Crippen molar-refractivity contribution in [1.29, 1.82) is 0 Å². The van der Waals surface area contributed by atoms with Gasteiger partial charge in [-0.3, -0.25) is 4.79 Å². The molecule has 1 saturated heterocycles. The van der Waals surface area contributed by atoms with Crippen LogP contribution in [0.4, 0.5) is 0 Å². The summed E-state index contributed by atoms with van der Waals surface area (Å²) in [5.41, 5.74) is 3.07. The summed E-state index contributed by atoms with van der Waals surface area (Å²) in [5.74, 6) is -0.492. The second kappa shape index (κ2) is 8.01. The third kappa shape index (κ3) is 4.21. The zero-order chi connectivity index (χ0) is 18.5. The maximum Gasteiger partial charge on any atom is 0.332 e. The maximum absolute atomic E-state index is 12.1. The first-order chi connectivity index (χ1) is 12.6. The van der Waals surface area contributed by atoms with Gasteiger partial charge in [-0.15, -0.1) is 0 Å². The van der Waals surface area contributed by atoms with Crippen LogP contribution in [0, 0.1) is 0 Å². The molecule has 1 amide bonds. The first-order valence-corrected chi connectivity index (χ1v) is 8.46. The van der Waals surface area contributed by atoms with E-state index in [1.165, 1.54) is 0 Å². The lowest BCUT2D eigenvalue weighted by Crippen LogP contribution is -2.35. The van der Waals surface area contributed by atoms with E-state index in [4.69, 9.17) is 14.6 Å². The van der Waals surface area contributed by atoms with Crippen LogP contribution in [0.1, 0.15) is 18.4 Å². The van der Waals surface area contributed by atoms with Crippen LogP contribution >= 0.6 is 0 Å². The van der Waals surface area contributed by atoms with Crippen molar-refractivity contribution in [3.8, 4) is 16.9 Å². The van der Waals surface area contributed by atoms with Crippen LogP contribution in [-0.4, -0.2) is 36.3 Å². The molecule has 0 aliphatic carbocycles. The van der Waals surface area contributed by atoms with Crippen LogP contribution in [0.15, 0.2) is 48.5 Å². The van der Waals surface area contributed by atoms with Crippen LogP contribution < -0.4 is 10.1 Å². The maximum atomic E-state index is 12.1. The highest BCUT2D eigenvalue weighted by Gasteiger charge is 2.34. The fourth-order valence-electron chi connectivity index (χ4n) is 2.93. The first-order valence-electron chi connectivity index (χ1n) is 8.46. The Morgan fingerprint density at radius 3 is 2.50 bits per heavy atom. The molecule has 2 atom stereocenters. The molecule has 0 spiro atoms. The Balaban J connectivity index is 1.56. The molecular formula is C20H21NO5. The minimum absolute atomic E-state index is 0.273. The van der Waals surface area contributed by atoms with Gasteiger partial charge >= 0.3 is 5.97 Å². The molecular weight excluding hydrogens is 334 g/mol. The van der Waals surface area contributed by atoms with E-state index in [2.05, 4.69) is 5.32 Å². The van der Waals surface area contributed by atoms with Gasteiger partial charge in [0.25, 0.3) is 0 Å². The molecule has 6 heteroatoms. The van der Waals surface area contributed by atoms with Crippen molar-refractivity contribution in [3.05, 3.63) is 54.1 Å². The van der Waals surface area contributed by atoms with Gasteiger partial charge in [0.15, 0.2) is 6.10 Å². The third-order valence-corrected chi connectivity index (χ3v) is 4.41. The number of hydrogen-bond donors (Lipinski definition) is 2. The van der Waals surface area contributed by atoms with Gasteiger partial charge in [-0.1, -0.05) is 36.4 Å². The summed E-state index contributed by atoms with van der Waals surface area (Å²) >= 11 is 0. The quantitative estimate of drug-likeness (QED) is 0.832. The molecule has 136 valence electrons. The van der Waals surface area contributed by atoms with Crippen molar-refractivity contribution in [2.75, 3.05) is 7.11 Å². The van der Waals surface area contributed by atoms with Crippen LogP contribution in [0.3, 0.4) is 0 Å². The number of carboxylic acid groups (broad SMARTS) is 1. The number of rotatable bonds is 6. The summed E-state index contributed by atoms with van der Waals surface area (Å²) in [6.45, 7) is 0.370. The van der Waals surface area contributed by atoms with Crippen LogP contribution in [-0.2, 0) is 20.9 Å². The number of benzene rings is 2. The molecule has 0 aromatic heterocycles. The standard InChI is InChI=1S/C20H21NO5/c1-25-16-4-2-3-15(11-16)14-7-5-13(6-8-14)12-21-19(22)17-9-10-18(26-17)20(23)24/h2-8,11,17-18H,9-10,12H2,1H3,(H,21,22)(H,23,24)/t17-,18+/m0/s1. The van der Waals surface area contributed by atoms with Gasteiger partial charge in [0, 0.05) is 6.54 Å². The lowest BCUT2D eigenvalue weighted by molar-refractivity contribution is -0.151. The van der Waals surface area contributed by atoms with Crippen LogP contribution in [0.25, 0.3) is 11.1 Å². The first kappa shape index (κ1) is 17.9. The summed E-state index contributed by atoms with van der Waals surface area (Å²) in [5, 5.41) is 11.7. The molecule has 6 nitrogen and oxygen atoms in total. The van der Waals surface area contributed by atoms with E-state index < -0.39 is 18.2 Å². The van der Waals surface area contributed by atoms with E-state index in [9.17, 15) is 9.59 Å². The molecule has 2 N–H and O–H groups in total. The molecule has 1 aliphatic rings. The Morgan fingerprint density at radius 1 is 1.12 bits per heavy atom. The highest BCUT2D eigenvalue weighted by molar-refractivity contribution is 5.82. The zero-order valence-corrected chi connectivity index (χ0v) is 14.5. The minimum Gasteiger partial charge on any atom is -0.497 e. The molecule has 3 rings (SSSR count). The molecule has 0 saturated carbocycles. The third-order valence-electron chi connectivity index (χ3n) is 4.41. The smallest absolute Gasteiger partial charge is 0.332 e. The molecule has 1 aliphatic heterocycles. The van der Waals surface area contributed by atoms with Crippen LogP contribution in [0.5, 0.6) is 5.75 Å². The van der Waals surface area contributed by atoms with Crippen LogP contribution in [0.2, 0.25) is 0 Å². The van der Waals surface area contributed by atoms with Crippen molar-refractivity contribution < 1.29 is 24.2 Å². The number of carboxylic acids is 1. The number of hydrogen-bond acceptors (Lipinski definition) is 4. The molecule has 1 heterocycles. The fourth-order valence-corrected chi connectivity index (χ4v) is 2.93. The van der Waals surface area contributed by atoms with E-state index in [0.717, 1.165) is 22.4 Å². The average Bonchev–Trinajstić information content (AvgIpc) is 3.17. The largest absolute Gasteiger partial charge is 0.497 e.